The molecule has 0 aromatic carbocycles. The van der Waals surface area contributed by atoms with E-state index in [0.29, 0.717) is 0 Å². The lowest BCUT2D eigenvalue weighted by molar-refractivity contribution is 0.243. The zero-order chi connectivity index (χ0) is 9.80. The molecule has 2 rings (SSSR count). The highest BCUT2D eigenvalue weighted by Gasteiger charge is 2.10. The lowest BCUT2D eigenvalue weighted by atomic mass is 10.2. The summed E-state index contributed by atoms with van der Waals surface area (Å²) in [5.41, 5.74) is 1.24. The number of rotatable bonds is 3. The number of aryl methyl sites for hydroxylation is 1. The van der Waals surface area contributed by atoms with Crippen LogP contribution in [0, 0.1) is 6.92 Å². The van der Waals surface area contributed by atoms with Crippen LogP contribution in [0.25, 0.3) is 0 Å². The molecule has 1 saturated heterocycles. The fourth-order valence-corrected chi connectivity index (χ4v) is 1.77. The fraction of sp³-hybridized carbons (Fsp3) is 0.700. The normalized spacial score (nSPS) is 18.6. The number of aromatic nitrogens is 1. The van der Waals surface area contributed by atoms with Crippen LogP contribution in [0.4, 0.5) is 0 Å². The third-order valence-corrected chi connectivity index (χ3v) is 2.76. The van der Waals surface area contributed by atoms with Crippen LogP contribution in [-0.4, -0.2) is 42.8 Å². The lowest BCUT2D eigenvalue weighted by Crippen LogP contribution is -2.44. The molecule has 0 spiro atoms. The highest BCUT2D eigenvalue weighted by Crippen LogP contribution is 2.07. The summed E-state index contributed by atoms with van der Waals surface area (Å²) in [6.45, 7) is 7.63. The number of hydrogen-bond donors (Lipinski definition) is 1. The van der Waals surface area contributed by atoms with Crippen molar-refractivity contribution >= 4 is 0 Å². The third kappa shape index (κ3) is 2.33. The molecule has 1 aromatic rings. The summed E-state index contributed by atoms with van der Waals surface area (Å²) in [6, 6.07) is 0. The summed E-state index contributed by atoms with van der Waals surface area (Å²) < 4.78 is 5.02. The average Bonchev–Trinajstić information content (AvgIpc) is 2.63. The van der Waals surface area contributed by atoms with Crippen molar-refractivity contribution in [3.05, 3.63) is 17.5 Å². The van der Waals surface area contributed by atoms with Gasteiger partial charge in [0.1, 0.15) is 5.76 Å². The largest absolute Gasteiger partial charge is 0.361 e. The quantitative estimate of drug-likeness (QED) is 0.759. The Balaban J connectivity index is 1.79. The Morgan fingerprint density at radius 1 is 1.50 bits per heavy atom. The van der Waals surface area contributed by atoms with E-state index in [2.05, 4.69) is 15.4 Å². The van der Waals surface area contributed by atoms with Crippen LogP contribution in [0.5, 0.6) is 0 Å². The van der Waals surface area contributed by atoms with E-state index < -0.39 is 0 Å². The van der Waals surface area contributed by atoms with Crippen molar-refractivity contribution in [3.8, 4) is 0 Å². The fourth-order valence-electron chi connectivity index (χ4n) is 1.77. The predicted molar refractivity (Wildman–Crippen MR) is 54.3 cm³/mol. The molecule has 78 valence electrons. The first-order valence-electron chi connectivity index (χ1n) is 5.19. The first-order chi connectivity index (χ1) is 6.86. The SMILES string of the molecule is Cc1oncc1CCN1CCNCC1. The molecule has 0 atom stereocenters. The summed E-state index contributed by atoms with van der Waals surface area (Å²) in [5.74, 6) is 0.958. The van der Waals surface area contributed by atoms with Gasteiger partial charge in [0.2, 0.25) is 0 Å². The zero-order valence-corrected chi connectivity index (χ0v) is 8.62. The molecular weight excluding hydrogens is 178 g/mol. The lowest BCUT2D eigenvalue weighted by Gasteiger charge is -2.26. The van der Waals surface area contributed by atoms with Gasteiger partial charge < -0.3 is 14.7 Å². The molecule has 0 aliphatic carbocycles. The molecule has 1 fully saturated rings. The van der Waals surface area contributed by atoms with E-state index in [9.17, 15) is 0 Å². The van der Waals surface area contributed by atoms with Crippen molar-refractivity contribution in [2.24, 2.45) is 0 Å². The van der Waals surface area contributed by atoms with Gasteiger partial charge in [-0.3, -0.25) is 0 Å². The van der Waals surface area contributed by atoms with Gasteiger partial charge in [-0.25, -0.2) is 0 Å². The monoisotopic (exact) mass is 195 g/mol. The number of nitrogens with one attached hydrogen (secondary N) is 1. The minimum absolute atomic E-state index is 0.958. The maximum Gasteiger partial charge on any atom is 0.136 e. The smallest absolute Gasteiger partial charge is 0.136 e. The van der Waals surface area contributed by atoms with Crippen LogP contribution in [0.3, 0.4) is 0 Å². The molecule has 0 saturated carbocycles. The van der Waals surface area contributed by atoms with Crippen LogP contribution in [0.15, 0.2) is 10.7 Å². The summed E-state index contributed by atoms with van der Waals surface area (Å²) in [6.07, 6.45) is 2.88. The molecule has 1 N–H and O–H groups in total. The average molecular weight is 195 g/mol. The van der Waals surface area contributed by atoms with Crippen molar-refractivity contribution < 1.29 is 4.52 Å². The minimum Gasteiger partial charge on any atom is -0.361 e. The summed E-state index contributed by atoms with van der Waals surface area (Å²) in [4.78, 5) is 2.48. The van der Waals surface area contributed by atoms with Gasteiger partial charge in [0.25, 0.3) is 0 Å². The highest BCUT2D eigenvalue weighted by molar-refractivity contribution is 5.11. The van der Waals surface area contributed by atoms with Crippen LogP contribution < -0.4 is 5.32 Å². The van der Waals surface area contributed by atoms with Gasteiger partial charge >= 0.3 is 0 Å². The topological polar surface area (TPSA) is 41.3 Å². The molecule has 0 radical (unpaired) electrons. The molecule has 1 aromatic heterocycles. The van der Waals surface area contributed by atoms with Gasteiger partial charge in [-0.2, -0.15) is 0 Å². The van der Waals surface area contributed by atoms with Crippen molar-refractivity contribution in [2.45, 2.75) is 13.3 Å². The first-order valence-corrected chi connectivity index (χ1v) is 5.19. The number of hydrogen-bond acceptors (Lipinski definition) is 4. The molecule has 1 aliphatic heterocycles. The van der Waals surface area contributed by atoms with Crippen LogP contribution in [-0.2, 0) is 6.42 Å². The number of piperazine rings is 1. The van der Waals surface area contributed by atoms with Gasteiger partial charge in [-0.05, 0) is 13.3 Å². The predicted octanol–water partition coefficient (Wildman–Crippen LogP) is 0.431. The van der Waals surface area contributed by atoms with Gasteiger partial charge in [0, 0.05) is 38.3 Å². The summed E-state index contributed by atoms with van der Waals surface area (Å²) in [7, 11) is 0. The minimum atomic E-state index is 0.958. The standard InChI is InChI=1S/C10H17N3O/c1-9-10(8-12-14-9)2-5-13-6-3-11-4-7-13/h8,11H,2-7H2,1H3. The van der Waals surface area contributed by atoms with Crippen LogP contribution in [0.1, 0.15) is 11.3 Å². The second-order valence-electron chi connectivity index (χ2n) is 3.75. The van der Waals surface area contributed by atoms with Crippen molar-refractivity contribution in [3.63, 3.8) is 0 Å². The van der Waals surface area contributed by atoms with Gasteiger partial charge in [0.15, 0.2) is 0 Å². The van der Waals surface area contributed by atoms with Crippen molar-refractivity contribution in [2.75, 3.05) is 32.7 Å². The van der Waals surface area contributed by atoms with Crippen LogP contribution in [0.2, 0.25) is 0 Å². The van der Waals surface area contributed by atoms with E-state index in [-0.39, 0.29) is 0 Å². The molecular formula is C10H17N3O. The van der Waals surface area contributed by atoms with E-state index in [1.54, 1.807) is 0 Å². The summed E-state index contributed by atoms with van der Waals surface area (Å²) in [5, 5.41) is 7.13. The Kier molecular flexibility index (Phi) is 3.16. The van der Waals surface area contributed by atoms with Crippen molar-refractivity contribution in [1.82, 2.24) is 15.4 Å². The molecule has 1 aliphatic rings. The highest BCUT2D eigenvalue weighted by atomic mass is 16.5. The first kappa shape index (κ1) is 9.68. The molecule has 4 heteroatoms. The van der Waals surface area contributed by atoms with Crippen LogP contribution >= 0.6 is 0 Å². The Bertz CT molecular complexity index is 279. The Morgan fingerprint density at radius 2 is 2.29 bits per heavy atom. The number of nitrogens with zero attached hydrogens (tertiary/aromatic N) is 2. The molecule has 14 heavy (non-hydrogen) atoms. The molecule has 4 nitrogen and oxygen atoms in total. The molecule has 0 amide bonds. The molecule has 0 unspecified atom stereocenters. The zero-order valence-electron chi connectivity index (χ0n) is 8.62. The summed E-state index contributed by atoms with van der Waals surface area (Å²) >= 11 is 0. The van der Waals surface area contributed by atoms with E-state index in [1.807, 2.05) is 13.1 Å². The third-order valence-electron chi connectivity index (χ3n) is 2.76. The Morgan fingerprint density at radius 3 is 2.93 bits per heavy atom. The van der Waals surface area contributed by atoms with E-state index in [1.165, 1.54) is 5.56 Å². The maximum atomic E-state index is 5.02. The Hall–Kier alpha value is -0.870. The van der Waals surface area contributed by atoms with Gasteiger partial charge in [-0.15, -0.1) is 0 Å². The van der Waals surface area contributed by atoms with Gasteiger partial charge in [-0.1, -0.05) is 5.16 Å². The maximum absolute atomic E-state index is 5.02. The van der Waals surface area contributed by atoms with Gasteiger partial charge in [0.05, 0.1) is 6.20 Å². The van der Waals surface area contributed by atoms with E-state index >= 15 is 0 Å². The van der Waals surface area contributed by atoms with Crippen molar-refractivity contribution in [1.29, 1.82) is 0 Å². The molecule has 0 bridgehead atoms. The second kappa shape index (κ2) is 4.57. The Labute approximate surface area is 84.3 Å². The van der Waals surface area contributed by atoms with E-state index in [4.69, 9.17) is 4.52 Å². The second-order valence-corrected chi connectivity index (χ2v) is 3.75. The van der Waals surface area contributed by atoms with E-state index in [0.717, 1.165) is 44.9 Å². The molecule has 2 heterocycles.